The summed E-state index contributed by atoms with van der Waals surface area (Å²) in [5.41, 5.74) is 1.08. The van der Waals surface area contributed by atoms with E-state index >= 15 is 0 Å². The quantitative estimate of drug-likeness (QED) is 0.879. The summed E-state index contributed by atoms with van der Waals surface area (Å²) < 4.78 is 6.14. The Morgan fingerprint density at radius 1 is 1.59 bits per heavy atom. The van der Waals surface area contributed by atoms with Crippen molar-refractivity contribution in [1.29, 1.82) is 0 Å². The van der Waals surface area contributed by atoms with Crippen molar-refractivity contribution in [2.24, 2.45) is 0 Å². The van der Waals surface area contributed by atoms with Gasteiger partial charge >= 0.3 is 0 Å². The highest BCUT2D eigenvalue weighted by Gasteiger charge is 1.99. The summed E-state index contributed by atoms with van der Waals surface area (Å²) in [6.45, 7) is 0.531. The molecule has 0 saturated heterocycles. The second kappa shape index (κ2) is 5.84. The minimum Gasteiger partial charge on any atom is -0.465 e. The average Bonchev–Trinajstić information content (AvgIpc) is 2.95. The van der Waals surface area contributed by atoms with Gasteiger partial charge in [0.05, 0.1) is 10.0 Å². The van der Waals surface area contributed by atoms with Gasteiger partial charge in [-0.1, -0.05) is 0 Å². The molecule has 0 atom stereocenters. The molecule has 2 aromatic heterocycles. The summed E-state index contributed by atoms with van der Waals surface area (Å²) in [4.78, 5) is 11.5. The van der Waals surface area contributed by atoms with Gasteiger partial charge in [-0.3, -0.25) is 4.79 Å². The van der Waals surface area contributed by atoms with Gasteiger partial charge in [0.1, 0.15) is 5.76 Å². The first-order valence-electron chi connectivity index (χ1n) is 4.96. The highest BCUT2D eigenvalue weighted by atomic mass is 79.9. The van der Waals surface area contributed by atoms with Crippen molar-refractivity contribution in [3.63, 3.8) is 0 Å². The summed E-state index contributed by atoms with van der Waals surface area (Å²) >= 11 is 4.98. The largest absolute Gasteiger partial charge is 0.465 e. The van der Waals surface area contributed by atoms with Crippen LogP contribution < -0.4 is 5.32 Å². The van der Waals surface area contributed by atoms with Crippen molar-refractivity contribution in [3.05, 3.63) is 51.0 Å². The first-order valence-corrected chi connectivity index (χ1v) is 6.63. The smallest absolute Gasteiger partial charge is 0.244 e. The van der Waals surface area contributed by atoms with E-state index in [0.717, 1.165) is 9.35 Å². The fraction of sp³-hybridized carbons (Fsp3) is 0.0833. The predicted molar refractivity (Wildman–Crippen MR) is 71.6 cm³/mol. The van der Waals surface area contributed by atoms with E-state index in [9.17, 15) is 4.79 Å². The lowest BCUT2D eigenvalue weighted by atomic mass is 10.3. The van der Waals surface area contributed by atoms with Gasteiger partial charge in [-0.25, -0.2) is 0 Å². The molecule has 3 nitrogen and oxygen atoms in total. The van der Waals surface area contributed by atoms with Gasteiger partial charge in [0.25, 0.3) is 0 Å². The van der Waals surface area contributed by atoms with Gasteiger partial charge in [0.2, 0.25) is 5.91 Å². The zero-order valence-corrected chi connectivity index (χ0v) is 11.3. The van der Waals surface area contributed by atoms with Gasteiger partial charge in [-0.2, -0.15) is 0 Å². The van der Waals surface area contributed by atoms with E-state index < -0.39 is 0 Å². The molecule has 0 unspecified atom stereocenters. The van der Waals surface area contributed by atoms with Crippen molar-refractivity contribution >= 4 is 39.2 Å². The molecular formula is C12H10BrNO2S. The Labute approximate surface area is 111 Å². The zero-order chi connectivity index (χ0) is 12.1. The minimum absolute atomic E-state index is 0.135. The fourth-order valence-electron chi connectivity index (χ4n) is 1.23. The maximum Gasteiger partial charge on any atom is 0.244 e. The third-order valence-corrected chi connectivity index (χ3v) is 3.58. The Balaban J connectivity index is 1.82. The third kappa shape index (κ3) is 3.87. The molecule has 0 bridgehead atoms. The number of carbonyl (C=O) groups excluding carboxylic acids is 1. The number of amides is 1. The van der Waals surface area contributed by atoms with Gasteiger partial charge in [0, 0.05) is 12.6 Å². The van der Waals surface area contributed by atoms with Crippen molar-refractivity contribution in [2.75, 3.05) is 0 Å². The van der Waals surface area contributed by atoms with E-state index in [-0.39, 0.29) is 5.91 Å². The summed E-state index contributed by atoms with van der Waals surface area (Å²) in [5.74, 6) is 0.530. The van der Waals surface area contributed by atoms with Gasteiger partial charge in [-0.15, -0.1) is 11.3 Å². The molecule has 0 aliphatic carbocycles. The van der Waals surface area contributed by atoms with E-state index in [0.29, 0.717) is 12.3 Å². The number of halogens is 1. The van der Waals surface area contributed by atoms with Crippen LogP contribution in [0.4, 0.5) is 0 Å². The van der Waals surface area contributed by atoms with Gasteiger partial charge < -0.3 is 9.73 Å². The van der Waals surface area contributed by atoms with Gasteiger partial charge in [0.15, 0.2) is 0 Å². The van der Waals surface area contributed by atoms with E-state index in [1.54, 1.807) is 35.8 Å². The van der Waals surface area contributed by atoms with Crippen LogP contribution in [-0.2, 0) is 11.3 Å². The second-order valence-corrected chi connectivity index (χ2v) is 5.62. The van der Waals surface area contributed by atoms with Crippen LogP contribution >= 0.6 is 27.3 Å². The van der Waals surface area contributed by atoms with E-state index in [1.165, 1.54) is 6.08 Å². The lowest BCUT2D eigenvalue weighted by Gasteiger charge is -1.98. The molecule has 1 amide bonds. The SMILES string of the molecule is O=C(/C=C/c1ccco1)NCc1csc(Br)c1. The third-order valence-electron chi connectivity index (χ3n) is 2.03. The van der Waals surface area contributed by atoms with Crippen LogP contribution in [0.2, 0.25) is 0 Å². The van der Waals surface area contributed by atoms with Crippen molar-refractivity contribution in [2.45, 2.75) is 6.54 Å². The summed E-state index contributed by atoms with van der Waals surface area (Å²) in [7, 11) is 0. The van der Waals surface area contributed by atoms with Crippen LogP contribution in [-0.4, -0.2) is 5.91 Å². The van der Waals surface area contributed by atoms with Crippen LogP contribution in [0, 0.1) is 0 Å². The maximum absolute atomic E-state index is 11.5. The molecule has 0 aromatic carbocycles. The topological polar surface area (TPSA) is 42.2 Å². The molecule has 0 aliphatic rings. The molecule has 0 saturated carbocycles. The standard InChI is InChI=1S/C12H10BrNO2S/c13-11-6-9(8-17-11)7-14-12(15)4-3-10-2-1-5-16-10/h1-6,8H,7H2,(H,14,15)/b4-3+. The molecule has 0 fully saturated rings. The molecule has 1 N–H and O–H groups in total. The number of carbonyl (C=O) groups is 1. The van der Waals surface area contributed by atoms with Crippen molar-refractivity contribution in [3.8, 4) is 0 Å². The summed E-state index contributed by atoms with van der Waals surface area (Å²) in [6, 6.07) is 5.56. The normalized spacial score (nSPS) is 10.9. The monoisotopic (exact) mass is 311 g/mol. The van der Waals surface area contributed by atoms with Crippen LogP contribution in [0.15, 0.2) is 44.1 Å². The van der Waals surface area contributed by atoms with Gasteiger partial charge in [-0.05, 0) is 51.1 Å². The van der Waals surface area contributed by atoms with Crippen molar-refractivity contribution in [1.82, 2.24) is 5.32 Å². The highest BCUT2D eigenvalue weighted by molar-refractivity contribution is 9.11. The molecule has 88 valence electrons. The molecule has 5 heteroatoms. The molecule has 17 heavy (non-hydrogen) atoms. The first kappa shape index (κ1) is 12.1. The Morgan fingerprint density at radius 3 is 3.12 bits per heavy atom. The number of hydrogen-bond donors (Lipinski definition) is 1. The van der Waals surface area contributed by atoms with E-state index in [2.05, 4.69) is 21.2 Å². The molecule has 0 aliphatic heterocycles. The molecule has 2 aromatic rings. The second-order valence-electron chi connectivity index (χ2n) is 3.33. The lowest BCUT2D eigenvalue weighted by molar-refractivity contribution is -0.116. The van der Waals surface area contributed by atoms with Crippen LogP contribution in [0.1, 0.15) is 11.3 Å². The number of thiophene rings is 1. The van der Waals surface area contributed by atoms with E-state index in [4.69, 9.17) is 4.42 Å². The molecule has 0 spiro atoms. The Bertz CT molecular complexity index is 516. The van der Waals surface area contributed by atoms with Crippen molar-refractivity contribution < 1.29 is 9.21 Å². The predicted octanol–water partition coefficient (Wildman–Crippen LogP) is 3.43. The highest BCUT2D eigenvalue weighted by Crippen LogP contribution is 2.20. The van der Waals surface area contributed by atoms with Crippen LogP contribution in [0.5, 0.6) is 0 Å². The Hall–Kier alpha value is -1.33. The number of hydrogen-bond acceptors (Lipinski definition) is 3. The Kier molecular flexibility index (Phi) is 4.17. The fourth-order valence-corrected chi connectivity index (χ4v) is 2.44. The molecule has 2 rings (SSSR count). The molecular weight excluding hydrogens is 302 g/mol. The van der Waals surface area contributed by atoms with Crippen LogP contribution in [0.25, 0.3) is 6.08 Å². The number of nitrogens with one attached hydrogen (secondary N) is 1. The lowest BCUT2D eigenvalue weighted by Crippen LogP contribution is -2.19. The number of furan rings is 1. The van der Waals surface area contributed by atoms with Crippen LogP contribution in [0.3, 0.4) is 0 Å². The maximum atomic E-state index is 11.5. The molecule has 2 heterocycles. The van der Waals surface area contributed by atoms with E-state index in [1.807, 2.05) is 11.4 Å². The number of rotatable bonds is 4. The zero-order valence-electron chi connectivity index (χ0n) is 8.85. The Morgan fingerprint density at radius 2 is 2.47 bits per heavy atom. The average molecular weight is 312 g/mol. The summed E-state index contributed by atoms with van der Waals surface area (Å²) in [5, 5.41) is 4.79. The summed E-state index contributed by atoms with van der Waals surface area (Å²) in [6.07, 6.45) is 4.67. The minimum atomic E-state index is -0.135. The molecule has 0 radical (unpaired) electrons. The first-order chi connectivity index (χ1) is 8.24.